The molecule has 7 nitrogen and oxygen atoms in total. The average molecular weight is 385 g/mol. The van der Waals surface area contributed by atoms with Crippen molar-refractivity contribution in [2.45, 2.75) is 91.3 Å². The Balaban J connectivity index is 2.92. The molecule has 1 aliphatic rings. The van der Waals surface area contributed by atoms with E-state index in [0.29, 0.717) is 0 Å². The Hall–Kier alpha value is -1.79. The maximum atomic E-state index is 13.0. The summed E-state index contributed by atoms with van der Waals surface area (Å²) in [6, 6.07) is -1.55. The van der Waals surface area contributed by atoms with Gasteiger partial charge in [0.2, 0.25) is 5.91 Å². The van der Waals surface area contributed by atoms with E-state index < -0.39 is 41.1 Å². The van der Waals surface area contributed by atoms with Gasteiger partial charge >= 0.3 is 12.1 Å². The monoisotopic (exact) mass is 384 g/mol. The zero-order valence-electron chi connectivity index (χ0n) is 17.8. The summed E-state index contributed by atoms with van der Waals surface area (Å²) in [7, 11) is 1.32. The Morgan fingerprint density at radius 2 is 1.48 bits per heavy atom. The lowest BCUT2D eigenvalue weighted by Crippen LogP contribution is -2.58. The Kier molecular flexibility index (Phi) is 8.11. The minimum atomic E-state index is -0.844. The molecule has 1 unspecified atom stereocenters. The smallest absolute Gasteiger partial charge is 0.408 e. The highest BCUT2D eigenvalue weighted by molar-refractivity contribution is 5.90. The average Bonchev–Trinajstić information content (AvgIpc) is 2.55. The van der Waals surface area contributed by atoms with E-state index in [-0.39, 0.29) is 5.92 Å². The first-order chi connectivity index (χ1) is 12.3. The lowest BCUT2D eigenvalue weighted by molar-refractivity contribution is -0.147. The van der Waals surface area contributed by atoms with E-state index in [9.17, 15) is 14.4 Å². The fourth-order valence-corrected chi connectivity index (χ4v) is 3.30. The Morgan fingerprint density at radius 3 is 1.93 bits per heavy atom. The molecule has 0 spiro atoms. The minimum Gasteiger partial charge on any atom is -0.467 e. The first-order valence-electron chi connectivity index (χ1n) is 9.73. The number of esters is 1. The van der Waals surface area contributed by atoms with Gasteiger partial charge in [-0.25, -0.2) is 9.59 Å². The standard InChI is InChI=1S/C20H36N2O5/c1-19(2,3)15(22-18(25)27-20(4,5)6)16(23)21-14(17(24)26-7)13-11-9-8-10-12-13/h13-15H,8-12H2,1-7H3,(H,21,23)(H,22,25)/t14?,15-/m1/s1. The molecule has 1 aliphatic carbocycles. The van der Waals surface area contributed by atoms with Gasteiger partial charge in [-0.2, -0.15) is 0 Å². The normalized spacial score (nSPS) is 18.2. The summed E-state index contributed by atoms with van der Waals surface area (Å²) >= 11 is 0. The number of ether oxygens (including phenoxy) is 2. The minimum absolute atomic E-state index is 0.0531. The second kappa shape index (κ2) is 9.42. The molecule has 0 radical (unpaired) electrons. The zero-order valence-corrected chi connectivity index (χ0v) is 17.8. The lowest BCUT2D eigenvalue weighted by Gasteiger charge is -2.34. The van der Waals surface area contributed by atoms with E-state index in [0.717, 1.165) is 32.1 Å². The number of hydrogen-bond acceptors (Lipinski definition) is 5. The van der Waals surface area contributed by atoms with Gasteiger partial charge in [0.1, 0.15) is 17.7 Å². The molecule has 0 bridgehead atoms. The van der Waals surface area contributed by atoms with Crippen LogP contribution in [-0.4, -0.2) is 42.8 Å². The zero-order chi connectivity index (χ0) is 20.8. The van der Waals surface area contributed by atoms with Gasteiger partial charge in [-0.1, -0.05) is 40.0 Å². The second-order valence-electron chi connectivity index (χ2n) is 9.35. The van der Waals surface area contributed by atoms with Crippen LogP contribution in [0.4, 0.5) is 4.79 Å². The predicted molar refractivity (Wildman–Crippen MR) is 103 cm³/mol. The van der Waals surface area contributed by atoms with E-state index in [1.165, 1.54) is 7.11 Å². The summed E-state index contributed by atoms with van der Waals surface area (Å²) in [6.45, 7) is 10.8. The number of alkyl carbamates (subject to hydrolysis) is 1. The second-order valence-corrected chi connectivity index (χ2v) is 9.35. The first kappa shape index (κ1) is 23.2. The van der Waals surface area contributed by atoms with Crippen LogP contribution in [0, 0.1) is 11.3 Å². The molecule has 0 heterocycles. The molecule has 27 heavy (non-hydrogen) atoms. The molecule has 0 aromatic carbocycles. The van der Waals surface area contributed by atoms with Crippen molar-refractivity contribution in [3.8, 4) is 0 Å². The van der Waals surface area contributed by atoms with Gasteiger partial charge < -0.3 is 20.1 Å². The van der Waals surface area contributed by atoms with E-state index >= 15 is 0 Å². The Bertz CT molecular complexity index is 527. The van der Waals surface area contributed by atoms with Gasteiger partial charge in [0.15, 0.2) is 0 Å². The molecular weight excluding hydrogens is 348 g/mol. The van der Waals surface area contributed by atoms with Crippen LogP contribution in [0.25, 0.3) is 0 Å². The van der Waals surface area contributed by atoms with E-state index in [1.54, 1.807) is 20.8 Å². The van der Waals surface area contributed by atoms with Crippen molar-refractivity contribution in [3.63, 3.8) is 0 Å². The molecule has 1 saturated carbocycles. The van der Waals surface area contributed by atoms with Crippen molar-refractivity contribution in [1.29, 1.82) is 0 Å². The van der Waals surface area contributed by atoms with Gasteiger partial charge in [0.05, 0.1) is 7.11 Å². The van der Waals surface area contributed by atoms with Crippen LogP contribution in [0.5, 0.6) is 0 Å². The predicted octanol–water partition coefficient (Wildman–Crippen LogP) is 3.16. The van der Waals surface area contributed by atoms with Gasteiger partial charge in [0, 0.05) is 0 Å². The van der Waals surface area contributed by atoms with Gasteiger partial charge in [-0.15, -0.1) is 0 Å². The highest BCUT2D eigenvalue weighted by Gasteiger charge is 2.38. The van der Waals surface area contributed by atoms with Crippen LogP contribution in [0.2, 0.25) is 0 Å². The van der Waals surface area contributed by atoms with Crippen molar-refractivity contribution >= 4 is 18.0 Å². The van der Waals surface area contributed by atoms with Crippen LogP contribution in [-0.2, 0) is 19.1 Å². The largest absolute Gasteiger partial charge is 0.467 e. The number of methoxy groups -OCH3 is 1. The van der Waals surface area contributed by atoms with E-state index in [1.807, 2.05) is 20.8 Å². The fraction of sp³-hybridized carbons (Fsp3) is 0.850. The maximum Gasteiger partial charge on any atom is 0.408 e. The summed E-state index contributed by atoms with van der Waals surface area (Å²) in [5.74, 6) is -0.799. The molecule has 156 valence electrons. The SMILES string of the molecule is COC(=O)C(NC(=O)[C@@H](NC(=O)OC(C)(C)C)C(C)(C)C)C1CCCCC1. The third-order valence-corrected chi connectivity index (χ3v) is 4.66. The van der Waals surface area contributed by atoms with Crippen molar-refractivity contribution in [1.82, 2.24) is 10.6 Å². The van der Waals surface area contributed by atoms with Crippen molar-refractivity contribution < 1.29 is 23.9 Å². The number of rotatable bonds is 5. The van der Waals surface area contributed by atoms with Crippen LogP contribution < -0.4 is 10.6 Å². The first-order valence-corrected chi connectivity index (χ1v) is 9.73. The highest BCUT2D eigenvalue weighted by Crippen LogP contribution is 2.28. The molecule has 2 amide bonds. The van der Waals surface area contributed by atoms with Crippen LogP contribution in [0.1, 0.15) is 73.6 Å². The molecule has 0 aliphatic heterocycles. The molecule has 0 aromatic rings. The quantitative estimate of drug-likeness (QED) is 0.710. The number of nitrogens with one attached hydrogen (secondary N) is 2. The van der Waals surface area contributed by atoms with E-state index in [2.05, 4.69) is 10.6 Å². The fourth-order valence-electron chi connectivity index (χ4n) is 3.30. The van der Waals surface area contributed by atoms with Crippen molar-refractivity contribution in [2.75, 3.05) is 7.11 Å². The highest BCUT2D eigenvalue weighted by atomic mass is 16.6. The van der Waals surface area contributed by atoms with Gasteiger partial charge in [-0.05, 0) is 44.9 Å². The van der Waals surface area contributed by atoms with Crippen molar-refractivity contribution in [3.05, 3.63) is 0 Å². The third-order valence-electron chi connectivity index (χ3n) is 4.66. The molecule has 1 fully saturated rings. The van der Waals surface area contributed by atoms with Gasteiger partial charge in [0.25, 0.3) is 0 Å². The molecular formula is C20H36N2O5. The summed E-state index contributed by atoms with van der Waals surface area (Å²) in [6.07, 6.45) is 4.30. The van der Waals surface area contributed by atoms with Gasteiger partial charge in [-0.3, -0.25) is 4.79 Å². The Labute approximate surface area is 162 Å². The summed E-state index contributed by atoms with van der Waals surface area (Å²) < 4.78 is 10.2. The summed E-state index contributed by atoms with van der Waals surface area (Å²) in [4.78, 5) is 37.4. The molecule has 7 heteroatoms. The third kappa shape index (κ3) is 7.77. The number of amides is 2. The maximum absolute atomic E-state index is 13.0. The van der Waals surface area contributed by atoms with Crippen molar-refractivity contribution in [2.24, 2.45) is 11.3 Å². The summed E-state index contributed by atoms with van der Waals surface area (Å²) in [5, 5.41) is 5.48. The summed E-state index contributed by atoms with van der Waals surface area (Å²) in [5.41, 5.74) is -1.23. The topological polar surface area (TPSA) is 93.7 Å². The molecule has 0 saturated heterocycles. The number of hydrogen-bond donors (Lipinski definition) is 2. The molecule has 1 rings (SSSR count). The van der Waals surface area contributed by atoms with Crippen LogP contribution in [0.3, 0.4) is 0 Å². The van der Waals surface area contributed by atoms with Crippen LogP contribution >= 0.6 is 0 Å². The number of carbonyl (C=O) groups is 3. The molecule has 0 aromatic heterocycles. The number of carbonyl (C=O) groups excluding carboxylic acids is 3. The van der Waals surface area contributed by atoms with E-state index in [4.69, 9.17) is 9.47 Å². The van der Waals surface area contributed by atoms with Crippen LogP contribution in [0.15, 0.2) is 0 Å². The lowest BCUT2D eigenvalue weighted by atomic mass is 9.82. The molecule has 2 N–H and O–H groups in total. The molecule has 2 atom stereocenters. The Morgan fingerprint density at radius 1 is 0.926 bits per heavy atom.